The normalized spacial score (nSPS) is 10.6. The van der Waals surface area contributed by atoms with Crippen LogP contribution in [0.1, 0.15) is 11.1 Å². The van der Waals surface area contributed by atoms with Crippen molar-refractivity contribution in [3.8, 4) is 0 Å². The first-order valence-electron chi connectivity index (χ1n) is 6.55. The highest BCUT2D eigenvalue weighted by molar-refractivity contribution is 9.10. The van der Waals surface area contributed by atoms with E-state index in [1.54, 1.807) is 12.1 Å². The predicted molar refractivity (Wildman–Crippen MR) is 85.9 cm³/mol. The van der Waals surface area contributed by atoms with Gasteiger partial charge in [-0.2, -0.15) is 0 Å². The van der Waals surface area contributed by atoms with Crippen LogP contribution >= 0.6 is 15.9 Å². The van der Waals surface area contributed by atoms with Crippen LogP contribution < -0.4 is 5.32 Å². The van der Waals surface area contributed by atoms with Crippen LogP contribution in [0.4, 0.5) is 4.39 Å². The zero-order chi connectivity index (χ0) is 15.8. The van der Waals surface area contributed by atoms with E-state index < -0.39 is 0 Å². The SMILES string of the molecule is O=C(CO/N=C\c1ccc(Br)cc1)NCc1ccc(F)cc1. The summed E-state index contributed by atoms with van der Waals surface area (Å²) >= 11 is 3.34. The van der Waals surface area contributed by atoms with E-state index in [4.69, 9.17) is 4.84 Å². The molecule has 0 heterocycles. The second-order valence-corrected chi connectivity index (χ2v) is 5.38. The second kappa shape index (κ2) is 8.29. The molecule has 6 heteroatoms. The average molecular weight is 365 g/mol. The molecule has 0 radical (unpaired) electrons. The van der Waals surface area contributed by atoms with E-state index in [2.05, 4.69) is 26.4 Å². The van der Waals surface area contributed by atoms with Crippen molar-refractivity contribution in [2.24, 2.45) is 5.16 Å². The molecule has 114 valence electrons. The Bertz CT molecular complexity index is 642. The van der Waals surface area contributed by atoms with Crippen molar-refractivity contribution in [3.05, 3.63) is 69.9 Å². The maximum Gasteiger partial charge on any atom is 0.261 e. The molecule has 4 nitrogen and oxygen atoms in total. The third-order valence-corrected chi connectivity index (χ3v) is 3.27. The van der Waals surface area contributed by atoms with Gasteiger partial charge in [-0.3, -0.25) is 4.79 Å². The van der Waals surface area contributed by atoms with Gasteiger partial charge in [0.1, 0.15) is 5.82 Å². The molecular weight excluding hydrogens is 351 g/mol. The number of carbonyl (C=O) groups is 1. The summed E-state index contributed by atoms with van der Waals surface area (Å²) in [4.78, 5) is 16.5. The zero-order valence-electron chi connectivity index (χ0n) is 11.6. The van der Waals surface area contributed by atoms with E-state index >= 15 is 0 Å². The Morgan fingerprint density at radius 2 is 1.86 bits per heavy atom. The van der Waals surface area contributed by atoms with Crippen molar-refractivity contribution in [3.63, 3.8) is 0 Å². The third kappa shape index (κ3) is 5.65. The fraction of sp³-hybridized carbons (Fsp3) is 0.125. The highest BCUT2D eigenvalue weighted by Crippen LogP contribution is 2.09. The summed E-state index contributed by atoms with van der Waals surface area (Å²) in [6.45, 7) is 0.146. The van der Waals surface area contributed by atoms with Crippen LogP contribution in [-0.4, -0.2) is 18.7 Å². The Balaban J connectivity index is 1.69. The molecule has 0 aliphatic rings. The molecular formula is C16H14BrFN2O2. The van der Waals surface area contributed by atoms with Gasteiger partial charge in [0.2, 0.25) is 0 Å². The molecule has 0 aromatic heterocycles. The van der Waals surface area contributed by atoms with Crippen LogP contribution in [0.2, 0.25) is 0 Å². The molecule has 0 spiro atoms. The number of hydrogen-bond donors (Lipinski definition) is 1. The molecule has 0 fully saturated rings. The third-order valence-electron chi connectivity index (χ3n) is 2.74. The standard InChI is InChI=1S/C16H14BrFN2O2/c17-14-5-1-13(2-6-14)10-20-22-11-16(21)19-9-12-3-7-15(18)8-4-12/h1-8,10H,9,11H2,(H,19,21)/b20-10-. The number of halogens is 2. The van der Waals surface area contributed by atoms with E-state index in [9.17, 15) is 9.18 Å². The van der Waals surface area contributed by atoms with Crippen molar-refractivity contribution in [2.45, 2.75) is 6.54 Å². The zero-order valence-corrected chi connectivity index (χ0v) is 13.2. The number of hydrogen-bond acceptors (Lipinski definition) is 3. The van der Waals surface area contributed by atoms with Crippen LogP contribution in [0.5, 0.6) is 0 Å². The predicted octanol–water partition coefficient (Wildman–Crippen LogP) is 3.26. The Morgan fingerprint density at radius 3 is 2.55 bits per heavy atom. The Morgan fingerprint density at radius 1 is 1.18 bits per heavy atom. The van der Waals surface area contributed by atoms with Crippen LogP contribution in [0.25, 0.3) is 0 Å². The molecule has 0 saturated carbocycles. The molecule has 1 N–H and O–H groups in total. The summed E-state index contributed by atoms with van der Waals surface area (Å²) in [5.41, 5.74) is 1.68. The molecule has 0 aliphatic carbocycles. The van der Waals surface area contributed by atoms with Gasteiger partial charge in [-0.15, -0.1) is 0 Å². The maximum absolute atomic E-state index is 12.7. The van der Waals surface area contributed by atoms with E-state index in [0.717, 1.165) is 15.6 Å². The lowest BCUT2D eigenvalue weighted by atomic mass is 10.2. The largest absolute Gasteiger partial charge is 0.386 e. The minimum atomic E-state index is -0.305. The van der Waals surface area contributed by atoms with Crippen LogP contribution in [0.3, 0.4) is 0 Å². The fourth-order valence-corrected chi connectivity index (χ4v) is 1.86. The molecule has 0 saturated heterocycles. The first-order valence-corrected chi connectivity index (χ1v) is 7.35. The van der Waals surface area contributed by atoms with Crippen molar-refractivity contribution in [1.29, 1.82) is 0 Å². The Kier molecular flexibility index (Phi) is 6.09. The molecule has 0 bridgehead atoms. The minimum absolute atomic E-state index is 0.172. The first-order chi connectivity index (χ1) is 10.6. The van der Waals surface area contributed by atoms with Gasteiger partial charge in [0.15, 0.2) is 6.61 Å². The lowest BCUT2D eigenvalue weighted by Gasteiger charge is -2.04. The Hall–Kier alpha value is -2.21. The van der Waals surface area contributed by atoms with Gasteiger partial charge in [0.05, 0.1) is 6.21 Å². The number of benzene rings is 2. The van der Waals surface area contributed by atoms with Crippen molar-refractivity contribution in [1.82, 2.24) is 5.32 Å². The summed E-state index contributed by atoms with van der Waals surface area (Å²) in [5, 5.41) is 6.39. The quantitative estimate of drug-likeness (QED) is 0.631. The molecule has 0 unspecified atom stereocenters. The number of oxime groups is 1. The molecule has 2 rings (SSSR count). The van der Waals surface area contributed by atoms with Crippen molar-refractivity contribution in [2.75, 3.05) is 6.61 Å². The number of nitrogens with zero attached hydrogens (tertiary/aromatic N) is 1. The molecule has 2 aromatic rings. The monoisotopic (exact) mass is 364 g/mol. The van der Waals surface area contributed by atoms with Crippen LogP contribution in [0, 0.1) is 5.82 Å². The van der Waals surface area contributed by atoms with Crippen molar-refractivity contribution >= 4 is 28.1 Å². The van der Waals surface area contributed by atoms with Gasteiger partial charge >= 0.3 is 0 Å². The molecule has 1 amide bonds. The summed E-state index contributed by atoms with van der Waals surface area (Å²) in [5.74, 6) is -0.599. The van der Waals surface area contributed by atoms with E-state index in [1.165, 1.54) is 18.3 Å². The van der Waals surface area contributed by atoms with E-state index in [1.807, 2.05) is 24.3 Å². The maximum atomic E-state index is 12.7. The number of carbonyl (C=O) groups excluding carboxylic acids is 1. The molecule has 0 aliphatic heterocycles. The number of rotatable bonds is 6. The van der Waals surface area contributed by atoms with E-state index in [0.29, 0.717) is 6.54 Å². The average Bonchev–Trinajstić information content (AvgIpc) is 2.53. The highest BCUT2D eigenvalue weighted by atomic mass is 79.9. The lowest BCUT2D eigenvalue weighted by molar-refractivity contribution is -0.125. The smallest absolute Gasteiger partial charge is 0.261 e. The van der Waals surface area contributed by atoms with Crippen LogP contribution in [-0.2, 0) is 16.2 Å². The van der Waals surface area contributed by atoms with E-state index in [-0.39, 0.29) is 18.3 Å². The van der Waals surface area contributed by atoms with Gasteiger partial charge < -0.3 is 10.2 Å². The summed E-state index contributed by atoms with van der Waals surface area (Å²) < 4.78 is 13.7. The van der Waals surface area contributed by atoms with Gasteiger partial charge in [-0.25, -0.2) is 4.39 Å². The molecule has 0 atom stereocenters. The second-order valence-electron chi connectivity index (χ2n) is 4.46. The fourth-order valence-electron chi connectivity index (χ4n) is 1.60. The molecule has 22 heavy (non-hydrogen) atoms. The Labute approximate surface area is 136 Å². The van der Waals surface area contributed by atoms with Crippen molar-refractivity contribution < 1.29 is 14.0 Å². The first kappa shape index (κ1) is 16.2. The van der Waals surface area contributed by atoms with Gasteiger partial charge in [-0.1, -0.05) is 45.4 Å². The van der Waals surface area contributed by atoms with Crippen LogP contribution in [0.15, 0.2) is 58.2 Å². The topological polar surface area (TPSA) is 50.7 Å². The van der Waals surface area contributed by atoms with Gasteiger partial charge in [0, 0.05) is 11.0 Å². The lowest BCUT2D eigenvalue weighted by Crippen LogP contribution is -2.26. The summed E-state index contributed by atoms with van der Waals surface area (Å²) in [6.07, 6.45) is 1.53. The van der Waals surface area contributed by atoms with Gasteiger partial charge in [0.25, 0.3) is 5.91 Å². The summed E-state index contributed by atoms with van der Waals surface area (Å²) in [7, 11) is 0. The molecule has 2 aromatic carbocycles. The summed E-state index contributed by atoms with van der Waals surface area (Å²) in [6, 6.07) is 13.4. The number of nitrogens with one attached hydrogen (secondary N) is 1. The minimum Gasteiger partial charge on any atom is -0.386 e. The van der Waals surface area contributed by atoms with Gasteiger partial charge in [-0.05, 0) is 35.4 Å². The number of amides is 1. The highest BCUT2D eigenvalue weighted by Gasteiger charge is 2.01.